The zero-order valence-electron chi connectivity index (χ0n) is 10.8. The average molecular weight is 312 g/mol. The molecule has 0 spiro atoms. The largest absolute Gasteiger partial charge is 0.409 e. The lowest BCUT2D eigenvalue weighted by atomic mass is 10.1. The Morgan fingerprint density at radius 3 is 2.48 bits per heavy atom. The van der Waals surface area contributed by atoms with Crippen molar-refractivity contribution in [2.24, 2.45) is 10.9 Å². The highest BCUT2D eigenvalue weighted by Crippen LogP contribution is 2.26. The molecular formula is C14H12ClF2N3O. The van der Waals surface area contributed by atoms with E-state index in [-0.39, 0.29) is 16.5 Å². The zero-order valence-corrected chi connectivity index (χ0v) is 11.5. The fourth-order valence-corrected chi connectivity index (χ4v) is 2.01. The molecule has 7 heteroatoms. The van der Waals surface area contributed by atoms with Crippen molar-refractivity contribution >= 4 is 23.1 Å². The molecular weight excluding hydrogens is 300 g/mol. The maximum Gasteiger partial charge on any atom is 0.170 e. The minimum absolute atomic E-state index is 0.00197. The van der Waals surface area contributed by atoms with Gasteiger partial charge in [0, 0.05) is 18.2 Å². The summed E-state index contributed by atoms with van der Waals surface area (Å²) in [5.41, 5.74) is 6.87. The highest BCUT2D eigenvalue weighted by molar-refractivity contribution is 6.33. The first-order chi connectivity index (χ1) is 10.0. The number of hydrogen-bond donors (Lipinski definition) is 3. The second-order valence-corrected chi connectivity index (χ2v) is 4.69. The number of amidine groups is 1. The predicted octanol–water partition coefficient (Wildman–Crippen LogP) is 3.32. The molecule has 0 saturated carbocycles. The van der Waals surface area contributed by atoms with Crippen molar-refractivity contribution in [3.05, 3.63) is 64.2 Å². The molecule has 0 aliphatic carbocycles. The van der Waals surface area contributed by atoms with Crippen molar-refractivity contribution in [3.63, 3.8) is 0 Å². The molecule has 0 aliphatic heterocycles. The van der Waals surface area contributed by atoms with Crippen molar-refractivity contribution in [2.45, 2.75) is 6.54 Å². The quantitative estimate of drug-likeness (QED) is 0.351. The molecule has 0 atom stereocenters. The van der Waals surface area contributed by atoms with Gasteiger partial charge in [-0.3, -0.25) is 0 Å². The van der Waals surface area contributed by atoms with Gasteiger partial charge < -0.3 is 16.3 Å². The number of anilines is 1. The summed E-state index contributed by atoms with van der Waals surface area (Å²) in [6.45, 7) is 0.290. The summed E-state index contributed by atoms with van der Waals surface area (Å²) in [7, 11) is 0. The normalized spacial score (nSPS) is 11.5. The molecule has 0 aromatic heterocycles. The third-order valence-electron chi connectivity index (χ3n) is 2.83. The molecule has 0 saturated heterocycles. The molecule has 0 heterocycles. The Balaban J connectivity index is 2.10. The summed E-state index contributed by atoms with van der Waals surface area (Å²) < 4.78 is 26.5. The smallest absolute Gasteiger partial charge is 0.170 e. The molecule has 2 rings (SSSR count). The Hall–Kier alpha value is -2.34. The van der Waals surface area contributed by atoms with Gasteiger partial charge in [-0.15, -0.1) is 0 Å². The van der Waals surface area contributed by atoms with E-state index in [9.17, 15) is 8.78 Å². The topological polar surface area (TPSA) is 70.6 Å². The summed E-state index contributed by atoms with van der Waals surface area (Å²) >= 11 is 5.78. The van der Waals surface area contributed by atoms with E-state index in [4.69, 9.17) is 22.5 Å². The zero-order chi connectivity index (χ0) is 15.4. The highest BCUT2D eigenvalue weighted by Gasteiger charge is 2.09. The molecule has 0 unspecified atom stereocenters. The van der Waals surface area contributed by atoms with Crippen LogP contribution in [0.25, 0.3) is 0 Å². The first kappa shape index (κ1) is 15.1. The summed E-state index contributed by atoms with van der Waals surface area (Å²) in [4.78, 5) is 0. The molecule has 0 radical (unpaired) electrons. The Bertz CT molecular complexity index is 651. The van der Waals surface area contributed by atoms with E-state index in [1.54, 1.807) is 24.3 Å². The van der Waals surface area contributed by atoms with Crippen molar-refractivity contribution < 1.29 is 14.0 Å². The van der Waals surface area contributed by atoms with Crippen LogP contribution < -0.4 is 11.1 Å². The number of halogens is 3. The second-order valence-electron chi connectivity index (χ2n) is 4.28. The van der Waals surface area contributed by atoms with Gasteiger partial charge in [0.05, 0.1) is 10.7 Å². The number of oxime groups is 1. The van der Waals surface area contributed by atoms with Gasteiger partial charge in [-0.05, 0) is 11.6 Å². The van der Waals surface area contributed by atoms with Gasteiger partial charge in [-0.2, -0.15) is 0 Å². The fourth-order valence-electron chi connectivity index (χ4n) is 1.75. The lowest BCUT2D eigenvalue weighted by molar-refractivity contribution is 0.318. The molecule has 21 heavy (non-hydrogen) atoms. The fraction of sp³-hybridized carbons (Fsp3) is 0.0714. The number of nitrogens with one attached hydrogen (secondary N) is 1. The van der Waals surface area contributed by atoms with Crippen LogP contribution in [0, 0.1) is 11.6 Å². The minimum atomic E-state index is -0.756. The van der Waals surface area contributed by atoms with E-state index in [1.807, 2.05) is 0 Å². The van der Waals surface area contributed by atoms with Crippen molar-refractivity contribution in [1.82, 2.24) is 0 Å². The third kappa shape index (κ3) is 3.61. The van der Waals surface area contributed by atoms with Crippen LogP contribution in [0.2, 0.25) is 5.02 Å². The summed E-state index contributed by atoms with van der Waals surface area (Å²) in [6.07, 6.45) is 0. The first-order valence-electron chi connectivity index (χ1n) is 5.96. The van der Waals surface area contributed by atoms with Crippen LogP contribution in [0.3, 0.4) is 0 Å². The summed E-state index contributed by atoms with van der Waals surface area (Å²) in [6, 6.07) is 8.58. The van der Waals surface area contributed by atoms with Crippen LogP contribution >= 0.6 is 11.6 Å². The van der Waals surface area contributed by atoms with Crippen LogP contribution in [0.1, 0.15) is 11.1 Å². The van der Waals surface area contributed by atoms with Crippen LogP contribution in [0.15, 0.2) is 41.6 Å². The Labute approximate surface area is 124 Å². The number of benzene rings is 2. The van der Waals surface area contributed by atoms with Crippen LogP contribution in [0.4, 0.5) is 14.5 Å². The van der Waals surface area contributed by atoms with Crippen molar-refractivity contribution in [2.75, 3.05) is 5.32 Å². The summed E-state index contributed by atoms with van der Waals surface area (Å²) in [5, 5.41) is 14.2. The first-order valence-corrected chi connectivity index (χ1v) is 6.34. The van der Waals surface area contributed by atoms with Crippen LogP contribution in [-0.2, 0) is 6.54 Å². The SMILES string of the molecule is N/C(=N/O)c1ccc(CNc2c(F)cc(F)cc2Cl)cc1. The predicted molar refractivity (Wildman–Crippen MR) is 77.6 cm³/mol. The van der Waals surface area contributed by atoms with Crippen LogP contribution in [-0.4, -0.2) is 11.0 Å². The molecule has 110 valence electrons. The molecule has 0 fully saturated rings. The average Bonchev–Trinajstić information content (AvgIpc) is 2.46. The number of hydrogen-bond acceptors (Lipinski definition) is 3. The Morgan fingerprint density at radius 1 is 1.24 bits per heavy atom. The maximum absolute atomic E-state index is 13.6. The van der Waals surface area contributed by atoms with E-state index in [2.05, 4.69) is 10.5 Å². The van der Waals surface area contributed by atoms with Gasteiger partial charge in [-0.25, -0.2) is 8.78 Å². The Kier molecular flexibility index (Phi) is 4.59. The molecule has 4 N–H and O–H groups in total. The molecule has 2 aromatic rings. The molecule has 0 amide bonds. The van der Waals surface area contributed by atoms with E-state index < -0.39 is 11.6 Å². The molecule has 2 aromatic carbocycles. The summed E-state index contributed by atoms with van der Waals surface area (Å²) in [5.74, 6) is -1.48. The monoisotopic (exact) mass is 311 g/mol. The highest BCUT2D eigenvalue weighted by atomic mass is 35.5. The van der Waals surface area contributed by atoms with Gasteiger partial charge in [0.15, 0.2) is 11.7 Å². The second kappa shape index (κ2) is 6.41. The number of rotatable bonds is 4. The van der Waals surface area contributed by atoms with Gasteiger partial charge in [-0.1, -0.05) is 41.0 Å². The minimum Gasteiger partial charge on any atom is -0.409 e. The van der Waals surface area contributed by atoms with Gasteiger partial charge in [0.25, 0.3) is 0 Å². The van der Waals surface area contributed by atoms with Gasteiger partial charge in [0.2, 0.25) is 0 Å². The van der Waals surface area contributed by atoms with Gasteiger partial charge >= 0.3 is 0 Å². The standard InChI is InChI=1S/C14H12ClF2N3O/c15-11-5-10(16)6-12(17)13(11)19-7-8-1-3-9(4-2-8)14(18)20-21/h1-6,19,21H,7H2,(H2,18,20). The molecule has 0 bridgehead atoms. The molecule has 4 nitrogen and oxygen atoms in total. The number of nitrogens with two attached hydrogens (primary N) is 1. The molecule has 0 aliphatic rings. The van der Waals surface area contributed by atoms with E-state index >= 15 is 0 Å². The van der Waals surface area contributed by atoms with E-state index in [0.29, 0.717) is 12.1 Å². The van der Waals surface area contributed by atoms with Crippen molar-refractivity contribution in [1.29, 1.82) is 0 Å². The van der Waals surface area contributed by atoms with Crippen molar-refractivity contribution in [3.8, 4) is 0 Å². The number of nitrogens with zero attached hydrogens (tertiary/aromatic N) is 1. The third-order valence-corrected chi connectivity index (χ3v) is 3.13. The van der Waals surface area contributed by atoms with Crippen LogP contribution in [0.5, 0.6) is 0 Å². The maximum atomic E-state index is 13.6. The van der Waals surface area contributed by atoms with E-state index in [0.717, 1.165) is 17.7 Å². The van der Waals surface area contributed by atoms with Gasteiger partial charge in [0.1, 0.15) is 5.82 Å². The lowest BCUT2D eigenvalue weighted by Crippen LogP contribution is -2.13. The van der Waals surface area contributed by atoms with E-state index in [1.165, 1.54) is 0 Å². The Morgan fingerprint density at radius 2 is 1.90 bits per heavy atom. The lowest BCUT2D eigenvalue weighted by Gasteiger charge is -2.10.